The van der Waals surface area contributed by atoms with Gasteiger partial charge < -0.3 is 9.80 Å². The lowest BCUT2D eigenvalue weighted by molar-refractivity contribution is -0.129. The smallest absolute Gasteiger partial charge is 0.267 e. The van der Waals surface area contributed by atoms with Gasteiger partial charge in [-0.25, -0.2) is 5.10 Å². The number of carbonyl (C=O) groups is 1. The molecule has 0 fully saturated rings. The maximum Gasteiger partial charge on any atom is 0.267 e. The van der Waals surface area contributed by atoms with E-state index in [1.54, 1.807) is 4.90 Å². The number of nitrogens with zero attached hydrogens (tertiary/aromatic N) is 3. The van der Waals surface area contributed by atoms with Gasteiger partial charge in [-0.15, -0.1) is 0 Å². The number of carbonyl (C=O) groups excluding carboxylic acids is 1. The third-order valence-electron chi connectivity index (χ3n) is 4.01. The van der Waals surface area contributed by atoms with Crippen LogP contribution in [0, 0.1) is 0 Å². The molecule has 6 heteroatoms. The van der Waals surface area contributed by atoms with Crippen LogP contribution in [0.25, 0.3) is 0 Å². The molecule has 1 heterocycles. The molecule has 1 aromatic rings. The highest BCUT2D eigenvalue weighted by molar-refractivity contribution is 5.78. The van der Waals surface area contributed by atoms with Crippen LogP contribution in [-0.4, -0.2) is 60.1 Å². The first kappa shape index (κ1) is 15.7. The van der Waals surface area contributed by atoms with E-state index in [1.165, 1.54) is 0 Å². The fraction of sp³-hybridized carbons (Fsp3) is 0.667. The van der Waals surface area contributed by atoms with Crippen molar-refractivity contribution >= 4 is 5.91 Å². The largest absolute Gasteiger partial charge is 0.344 e. The number of rotatable bonds is 5. The molecule has 0 unspecified atom stereocenters. The van der Waals surface area contributed by atoms with Crippen molar-refractivity contribution in [3.8, 4) is 0 Å². The van der Waals surface area contributed by atoms with E-state index in [0.29, 0.717) is 6.54 Å². The van der Waals surface area contributed by atoms with Crippen LogP contribution in [-0.2, 0) is 24.1 Å². The van der Waals surface area contributed by atoms with Gasteiger partial charge in [0.15, 0.2) is 0 Å². The molecule has 0 radical (unpaired) electrons. The second-order valence-electron chi connectivity index (χ2n) is 5.96. The third-order valence-corrected chi connectivity index (χ3v) is 4.01. The van der Waals surface area contributed by atoms with Crippen LogP contribution < -0.4 is 5.56 Å². The monoisotopic (exact) mass is 292 g/mol. The lowest BCUT2D eigenvalue weighted by Crippen LogP contribution is -2.35. The molecule has 0 atom stereocenters. The van der Waals surface area contributed by atoms with Gasteiger partial charge in [0.2, 0.25) is 5.91 Å². The standard InChI is InChI=1S/C15H24N4O2/c1-18(2)8-9-19(3)14(20)10-13-11-6-4-5-7-12(11)15(21)17-16-13/h4-10H2,1-3H3,(H,17,21). The first-order chi connectivity index (χ1) is 9.99. The zero-order chi connectivity index (χ0) is 15.4. The van der Waals surface area contributed by atoms with Crippen molar-refractivity contribution in [2.75, 3.05) is 34.2 Å². The van der Waals surface area contributed by atoms with Crippen molar-refractivity contribution < 1.29 is 4.79 Å². The molecule has 0 aliphatic heterocycles. The number of aromatic nitrogens is 2. The molecule has 1 N–H and O–H groups in total. The van der Waals surface area contributed by atoms with Crippen LogP contribution in [0.15, 0.2) is 4.79 Å². The Morgan fingerprint density at radius 3 is 2.48 bits per heavy atom. The minimum atomic E-state index is -0.0955. The van der Waals surface area contributed by atoms with Gasteiger partial charge in [-0.3, -0.25) is 9.59 Å². The maximum absolute atomic E-state index is 12.3. The van der Waals surface area contributed by atoms with Gasteiger partial charge >= 0.3 is 0 Å². The predicted octanol–water partition coefficient (Wildman–Crippen LogP) is 0.211. The van der Waals surface area contributed by atoms with E-state index in [2.05, 4.69) is 10.2 Å². The maximum atomic E-state index is 12.3. The van der Waals surface area contributed by atoms with E-state index >= 15 is 0 Å². The molecule has 0 aromatic carbocycles. The summed E-state index contributed by atoms with van der Waals surface area (Å²) >= 11 is 0. The van der Waals surface area contributed by atoms with E-state index in [0.717, 1.165) is 49.0 Å². The number of nitrogens with one attached hydrogen (secondary N) is 1. The molecule has 0 saturated heterocycles. The van der Waals surface area contributed by atoms with E-state index in [4.69, 9.17) is 0 Å². The molecular formula is C15H24N4O2. The Morgan fingerprint density at radius 1 is 1.14 bits per heavy atom. The van der Waals surface area contributed by atoms with Gasteiger partial charge in [0.25, 0.3) is 5.56 Å². The summed E-state index contributed by atoms with van der Waals surface area (Å²) in [4.78, 5) is 27.8. The molecule has 2 rings (SSSR count). The molecule has 6 nitrogen and oxygen atoms in total. The first-order valence-corrected chi connectivity index (χ1v) is 7.47. The van der Waals surface area contributed by atoms with Gasteiger partial charge in [0.05, 0.1) is 12.1 Å². The first-order valence-electron chi connectivity index (χ1n) is 7.47. The fourth-order valence-corrected chi connectivity index (χ4v) is 2.63. The lowest BCUT2D eigenvalue weighted by atomic mass is 9.91. The Labute approximate surface area is 125 Å². The fourth-order valence-electron chi connectivity index (χ4n) is 2.63. The van der Waals surface area contributed by atoms with Crippen LogP contribution in [0.5, 0.6) is 0 Å². The highest BCUT2D eigenvalue weighted by Crippen LogP contribution is 2.20. The van der Waals surface area contributed by atoms with E-state index in [1.807, 2.05) is 26.0 Å². The van der Waals surface area contributed by atoms with Crippen molar-refractivity contribution in [3.05, 3.63) is 27.2 Å². The molecule has 21 heavy (non-hydrogen) atoms. The van der Waals surface area contributed by atoms with Gasteiger partial charge in [-0.05, 0) is 45.3 Å². The Bertz CT molecular complexity index is 565. The molecular weight excluding hydrogens is 268 g/mol. The van der Waals surface area contributed by atoms with Crippen molar-refractivity contribution in [2.24, 2.45) is 0 Å². The molecule has 0 spiro atoms. The minimum Gasteiger partial charge on any atom is -0.344 e. The van der Waals surface area contributed by atoms with Crippen molar-refractivity contribution in [3.63, 3.8) is 0 Å². The zero-order valence-electron chi connectivity index (χ0n) is 13.1. The minimum absolute atomic E-state index is 0.0455. The normalized spacial score (nSPS) is 14.1. The summed E-state index contributed by atoms with van der Waals surface area (Å²) < 4.78 is 0. The summed E-state index contributed by atoms with van der Waals surface area (Å²) in [7, 11) is 5.78. The summed E-state index contributed by atoms with van der Waals surface area (Å²) in [6, 6.07) is 0. The second kappa shape index (κ2) is 6.85. The number of amides is 1. The van der Waals surface area contributed by atoms with E-state index in [9.17, 15) is 9.59 Å². The van der Waals surface area contributed by atoms with Crippen molar-refractivity contribution in [1.29, 1.82) is 0 Å². The molecule has 1 aliphatic carbocycles. The van der Waals surface area contributed by atoms with Crippen LogP contribution in [0.1, 0.15) is 29.7 Å². The molecule has 1 aromatic heterocycles. The summed E-state index contributed by atoms with van der Waals surface area (Å²) in [5.74, 6) is 0.0455. The zero-order valence-corrected chi connectivity index (χ0v) is 13.1. The molecule has 0 saturated carbocycles. The van der Waals surface area contributed by atoms with E-state index < -0.39 is 0 Å². The summed E-state index contributed by atoms with van der Waals surface area (Å²) in [5, 5.41) is 6.65. The van der Waals surface area contributed by atoms with E-state index in [-0.39, 0.29) is 17.9 Å². The molecule has 116 valence electrons. The Hall–Kier alpha value is -1.69. The van der Waals surface area contributed by atoms with Gasteiger partial charge in [-0.2, -0.15) is 5.10 Å². The van der Waals surface area contributed by atoms with Gasteiger partial charge in [-0.1, -0.05) is 0 Å². The lowest BCUT2D eigenvalue weighted by Gasteiger charge is -2.21. The Morgan fingerprint density at radius 2 is 1.81 bits per heavy atom. The number of likely N-dealkylation sites (N-methyl/N-ethyl adjacent to an activating group) is 2. The molecule has 0 bridgehead atoms. The SMILES string of the molecule is CN(C)CCN(C)C(=O)Cc1n[nH]c(=O)c2c1CCCC2. The number of hydrogen-bond donors (Lipinski definition) is 1. The number of H-pyrrole nitrogens is 1. The van der Waals surface area contributed by atoms with Crippen molar-refractivity contribution in [1.82, 2.24) is 20.0 Å². The average Bonchev–Trinajstić information content (AvgIpc) is 2.47. The molecule has 1 amide bonds. The predicted molar refractivity (Wildman–Crippen MR) is 81.4 cm³/mol. The topological polar surface area (TPSA) is 69.3 Å². The summed E-state index contributed by atoms with van der Waals surface area (Å²) in [6.07, 6.45) is 4.02. The van der Waals surface area contributed by atoms with Gasteiger partial charge in [0.1, 0.15) is 0 Å². The average molecular weight is 292 g/mol. The quantitative estimate of drug-likeness (QED) is 0.842. The van der Waals surface area contributed by atoms with Crippen molar-refractivity contribution in [2.45, 2.75) is 32.1 Å². The Kier molecular flexibility index (Phi) is 5.12. The number of aromatic amines is 1. The number of hydrogen-bond acceptors (Lipinski definition) is 4. The third kappa shape index (κ3) is 3.91. The van der Waals surface area contributed by atoms with Crippen LogP contribution in [0.3, 0.4) is 0 Å². The second-order valence-corrected chi connectivity index (χ2v) is 5.96. The highest BCUT2D eigenvalue weighted by Gasteiger charge is 2.20. The van der Waals surface area contributed by atoms with Crippen LogP contribution in [0.4, 0.5) is 0 Å². The highest BCUT2D eigenvalue weighted by atomic mass is 16.2. The summed E-state index contributed by atoms with van der Waals surface area (Å²) in [6.45, 7) is 1.52. The summed E-state index contributed by atoms with van der Waals surface area (Å²) in [5.41, 5.74) is 2.47. The van der Waals surface area contributed by atoms with Crippen LogP contribution >= 0.6 is 0 Å². The number of fused-ring (bicyclic) bond motifs is 1. The Balaban J connectivity index is 2.09. The van der Waals surface area contributed by atoms with Gasteiger partial charge in [0, 0.05) is 25.7 Å². The molecule has 1 aliphatic rings. The van der Waals surface area contributed by atoms with Crippen LogP contribution in [0.2, 0.25) is 0 Å².